The van der Waals surface area contributed by atoms with E-state index in [9.17, 15) is 8.42 Å². The molecular formula is C13H17NO2S. The van der Waals surface area contributed by atoms with Crippen molar-refractivity contribution in [2.75, 3.05) is 6.54 Å². The Hall–Kier alpha value is -1.31. The Labute approximate surface area is 103 Å². The maximum Gasteiger partial charge on any atom is 0.241 e. The van der Waals surface area contributed by atoms with Crippen molar-refractivity contribution in [3.05, 3.63) is 30.3 Å². The van der Waals surface area contributed by atoms with Crippen molar-refractivity contribution in [2.45, 2.75) is 25.7 Å². The monoisotopic (exact) mass is 251 g/mol. The smallest absolute Gasteiger partial charge is 0.207 e. The molecule has 0 aliphatic carbocycles. The van der Waals surface area contributed by atoms with E-state index in [0.717, 1.165) is 0 Å². The van der Waals surface area contributed by atoms with Gasteiger partial charge in [-0.2, -0.15) is 4.72 Å². The molecule has 0 aromatic heterocycles. The van der Waals surface area contributed by atoms with Crippen LogP contribution in [0.15, 0.2) is 35.2 Å². The average Bonchev–Trinajstić information content (AvgIpc) is 2.25. The quantitative estimate of drug-likeness (QED) is 0.835. The van der Waals surface area contributed by atoms with Crippen LogP contribution in [-0.2, 0) is 10.0 Å². The first kappa shape index (κ1) is 13.8. The van der Waals surface area contributed by atoms with Crippen LogP contribution in [0.3, 0.4) is 0 Å². The van der Waals surface area contributed by atoms with Gasteiger partial charge in [-0.1, -0.05) is 30.0 Å². The molecule has 0 unspecified atom stereocenters. The highest BCUT2D eigenvalue weighted by molar-refractivity contribution is 7.89. The Bertz CT molecular complexity index is 516. The van der Waals surface area contributed by atoms with E-state index in [4.69, 9.17) is 0 Å². The van der Waals surface area contributed by atoms with Gasteiger partial charge in [0.1, 0.15) is 0 Å². The van der Waals surface area contributed by atoms with Crippen LogP contribution in [0, 0.1) is 17.3 Å². The van der Waals surface area contributed by atoms with Crippen molar-refractivity contribution in [2.24, 2.45) is 5.41 Å². The van der Waals surface area contributed by atoms with Crippen LogP contribution in [0.1, 0.15) is 20.8 Å². The van der Waals surface area contributed by atoms with Crippen LogP contribution in [0.5, 0.6) is 0 Å². The number of rotatable bonds is 3. The zero-order valence-corrected chi connectivity index (χ0v) is 11.1. The zero-order chi connectivity index (χ0) is 12.9. The number of sulfonamides is 1. The lowest BCUT2D eigenvalue weighted by Crippen LogP contribution is -2.24. The summed E-state index contributed by atoms with van der Waals surface area (Å²) in [4.78, 5) is 0.262. The molecule has 0 saturated carbocycles. The van der Waals surface area contributed by atoms with E-state index >= 15 is 0 Å². The maximum atomic E-state index is 11.8. The molecule has 0 atom stereocenters. The Morgan fingerprint density at radius 3 is 2.29 bits per heavy atom. The number of benzene rings is 1. The zero-order valence-electron chi connectivity index (χ0n) is 10.3. The highest BCUT2D eigenvalue weighted by Crippen LogP contribution is 2.09. The topological polar surface area (TPSA) is 46.2 Å². The van der Waals surface area contributed by atoms with Crippen molar-refractivity contribution < 1.29 is 8.42 Å². The minimum absolute atomic E-state index is 0.113. The molecule has 0 heterocycles. The van der Waals surface area contributed by atoms with Gasteiger partial charge in [-0.25, -0.2) is 8.42 Å². The third kappa shape index (κ3) is 5.03. The fraction of sp³-hybridized carbons (Fsp3) is 0.385. The lowest BCUT2D eigenvalue weighted by atomic mass is 9.98. The summed E-state index contributed by atoms with van der Waals surface area (Å²) in [5.41, 5.74) is -0.113. The van der Waals surface area contributed by atoms with Crippen LogP contribution < -0.4 is 4.72 Å². The normalized spacial score (nSPS) is 11.7. The summed E-state index contributed by atoms with van der Waals surface area (Å²) in [5, 5.41) is 0. The van der Waals surface area contributed by atoms with E-state index in [-0.39, 0.29) is 16.9 Å². The van der Waals surface area contributed by atoms with Gasteiger partial charge in [-0.3, -0.25) is 0 Å². The first-order valence-electron chi connectivity index (χ1n) is 5.36. The van der Waals surface area contributed by atoms with Gasteiger partial charge in [-0.05, 0) is 32.9 Å². The van der Waals surface area contributed by atoms with E-state index in [1.165, 1.54) is 0 Å². The van der Waals surface area contributed by atoms with Crippen molar-refractivity contribution in [3.63, 3.8) is 0 Å². The van der Waals surface area contributed by atoms with Gasteiger partial charge in [0.2, 0.25) is 10.0 Å². The van der Waals surface area contributed by atoms with E-state index in [2.05, 4.69) is 16.6 Å². The minimum atomic E-state index is -3.43. The minimum Gasteiger partial charge on any atom is -0.207 e. The summed E-state index contributed by atoms with van der Waals surface area (Å²) in [7, 11) is -3.43. The summed E-state index contributed by atoms with van der Waals surface area (Å²) in [6, 6.07) is 8.27. The molecule has 4 heteroatoms. The molecule has 0 amide bonds. The molecule has 3 nitrogen and oxygen atoms in total. The fourth-order valence-corrected chi connectivity index (χ4v) is 2.07. The van der Waals surface area contributed by atoms with Gasteiger partial charge in [0, 0.05) is 5.41 Å². The van der Waals surface area contributed by atoms with Crippen molar-refractivity contribution in [1.29, 1.82) is 0 Å². The number of hydrogen-bond acceptors (Lipinski definition) is 2. The van der Waals surface area contributed by atoms with Crippen LogP contribution in [0.2, 0.25) is 0 Å². The summed E-state index contributed by atoms with van der Waals surface area (Å²) >= 11 is 0. The second-order valence-corrected chi connectivity index (χ2v) is 6.46. The van der Waals surface area contributed by atoms with Gasteiger partial charge in [-0.15, -0.1) is 0 Å². The summed E-state index contributed by atoms with van der Waals surface area (Å²) in [6.07, 6.45) is 0. The Kier molecular flexibility index (Phi) is 4.33. The van der Waals surface area contributed by atoms with Gasteiger partial charge in [0.25, 0.3) is 0 Å². The molecule has 0 bridgehead atoms. The first-order valence-corrected chi connectivity index (χ1v) is 6.84. The Morgan fingerprint density at radius 2 is 1.76 bits per heavy atom. The molecule has 17 heavy (non-hydrogen) atoms. The van der Waals surface area contributed by atoms with Gasteiger partial charge < -0.3 is 0 Å². The fourth-order valence-electron chi connectivity index (χ4n) is 1.12. The van der Waals surface area contributed by atoms with Crippen LogP contribution in [-0.4, -0.2) is 15.0 Å². The van der Waals surface area contributed by atoms with Gasteiger partial charge in [0.05, 0.1) is 11.4 Å². The van der Waals surface area contributed by atoms with Crippen molar-refractivity contribution in [3.8, 4) is 11.8 Å². The predicted molar refractivity (Wildman–Crippen MR) is 68.9 cm³/mol. The highest BCUT2D eigenvalue weighted by atomic mass is 32.2. The lowest BCUT2D eigenvalue weighted by molar-refractivity contribution is 0.569. The molecule has 1 rings (SSSR count). The van der Waals surface area contributed by atoms with Crippen molar-refractivity contribution in [1.82, 2.24) is 4.72 Å². The maximum absolute atomic E-state index is 11.8. The summed E-state index contributed by atoms with van der Waals surface area (Å²) < 4.78 is 26.0. The molecule has 0 radical (unpaired) electrons. The molecule has 0 spiro atoms. The first-order chi connectivity index (χ1) is 7.81. The molecular weight excluding hydrogens is 234 g/mol. The average molecular weight is 251 g/mol. The molecule has 1 N–H and O–H groups in total. The van der Waals surface area contributed by atoms with Crippen LogP contribution in [0.25, 0.3) is 0 Å². The van der Waals surface area contributed by atoms with Gasteiger partial charge >= 0.3 is 0 Å². The van der Waals surface area contributed by atoms with E-state index in [0.29, 0.717) is 0 Å². The van der Waals surface area contributed by atoms with E-state index < -0.39 is 10.0 Å². The molecule has 1 aromatic carbocycles. The van der Waals surface area contributed by atoms with E-state index in [1.807, 2.05) is 20.8 Å². The molecule has 0 aliphatic heterocycles. The molecule has 0 saturated heterocycles. The summed E-state index contributed by atoms with van der Waals surface area (Å²) in [6.45, 7) is 6.07. The Balaban J connectivity index is 2.67. The summed E-state index contributed by atoms with van der Waals surface area (Å²) in [5.74, 6) is 5.78. The molecule has 92 valence electrons. The SMILES string of the molecule is CC(C)(C)C#CCNS(=O)(=O)c1ccccc1. The third-order valence-corrected chi connectivity index (χ3v) is 3.28. The lowest BCUT2D eigenvalue weighted by Gasteiger charge is -2.07. The van der Waals surface area contributed by atoms with Crippen LogP contribution >= 0.6 is 0 Å². The highest BCUT2D eigenvalue weighted by Gasteiger charge is 2.11. The largest absolute Gasteiger partial charge is 0.241 e. The molecule has 1 aromatic rings. The second-order valence-electron chi connectivity index (χ2n) is 4.69. The number of nitrogens with one attached hydrogen (secondary N) is 1. The van der Waals surface area contributed by atoms with Crippen molar-refractivity contribution >= 4 is 10.0 Å². The predicted octanol–water partition coefficient (Wildman–Crippen LogP) is 2.01. The Morgan fingerprint density at radius 1 is 1.18 bits per heavy atom. The third-order valence-electron chi connectivity index (χ3n) is 1.87. The van der Waals surface area contributed by atoms with E-state index in [1.54, 1.807) is 30.3 Å². The van der Waals surface area contributed by atoms with Gasteiger partial charge in [0.15, 0.2) is 0 Å². The van der Waals surface area contributed by atoms with Crippen LogP contribution in [0.4, 0.5) is 0 Å². The number of hydrogen-bond donors (Lipinski definition) is 1. The molecule has 0 fully saturated rings. The second kappa shape index (κ2) is 5.35. The standard InChI is InChI=1S/C13H17NO2S/c1-13(2,3)10-7-11-14-17(15,16)12-8-5-4-6-9-12/h4-6,8-9,14H,11H2,1-3H3. The molecule has 0 aliphatic rings.